The van der Waals surface area contributed by atoms with Crippen molar-refractivity contribution in [3.05, 3.63) is 23.8 Å². The van der Waals surface area contributed by atoms with E-state index < -0.39 is 9.84 Å². The molecule has 5 nitrogen and oxygen atoms in total. The minimum atomic E-state index is -2.88. The molecule has 0 bridgehead atoms. The first kappa shape index (κ1) is 14.8. The number of nitrogens with one attached hydrogen (secondary N) is 1. The number of amides is 1. The van der Waals surface area contributed by atoms with E-state index in [0.29, 0.717) is 24.9 Å². The molecule has 1 fully saturated rings. The van der Waals surface area contributed by atoms with E-state index in [2.05, 4.69) is 5.32 Å². The number of phenolic OH excluding ortho intramolecular Hbond substituents is 1. The normalized spacial score (nSPS) is 18.6. The number of hydrogen-bond donors (Lipinski definition) is 2. The van der Waals surface area contributed by atoms with Crippen LogP contribution in [0.25, 0.3) is 0 Å². The highest BCUT2D eigenvalue weighted by molar-refractivity contribution is 7.91. The van der Waals surface area contributed by atoms with Crippen molar-refractivity contribution in [1.82, 2.24) is 0 Å². The second-order valence-corrected chi connectivity index (χ2v) is 7.65. The minimum absolute atomic E-state index is 0.108. The van der Waals surface area contributed by atoms with Gasteiger partial charge in [-0.15, -0.1) is 0 Å². The Balaban J connectivity index is 1.90. The summed E-state index contributed by atoms with van der Waals surface area (Å²) in [5, 5.41) is 12.1. The molecule has 6 heteroatoms. The van der Waals surface area contributed by atoms with Crippen molar-refractivity contribution < 1.29 is 18.3 Å². The SMILES string of the molecule is Cc1cc(O)ccc1NC(=O)CC1CCS(=O)(=O)CC1. The van der Waals surface area contributed by atoms with Crippen molar-refractivity contribution in [1.29, 1.82) is 0 Å². The zero-order chi connectivity index (χ0) is 14.8. The van der Waals surface area contributed by atoms with Crippen LogP contribution in [0.1, 0.15) is 24.8 Å². The van der Waals surface area contributed by atoms with Crippen LogP contribution in [-0.2, 0) is 14.6 Å². The Labute approximate surface area is 118 Å². The highest BCUT2D eigenvalue weighted by Gasteiger charge is 2.25. The van der Waals surface area contributed by atoms with Gasteiger partial charge in [0.1, 0.15) is 15.6 Å². The van der Waals surface area contributed by atoms with Crippen molar-refractivity contribution in [3.8, 4) is 5.75 Å². The molecule has 20 heavy (non-hydrogen) atoms. The van der Waals surface area contributed by atoms with Crippen LogP contribution in [-0.4, -0.2) is 30.9 Å². The van der Waals surface area contributed by atoms with Gasteiger partial charge < -0.3 is 10.4 Å². The Morgan fingerprint density at radius 2 is 2.00 bits per heavy atom. The van der Waals surface area contributed by atoms with Gasteiger partial charge in [-0.3, -0.25) is 4.79 Å². The second kappa shape index (κ2) is 5.83. The number of aromatic hydroxyl groups is 1. The second-order valence-electron chi connectivity index (χ2n) is 5.35. The Kier molecular flexibility index (Phi) is 4.32. The number of hydrogen-bond acceptors (Lipinski definition) is 4. The molecule has 1 amide bonds. The molecule has 1 saturated heterocycles. The molecule has 1 aliphatic rings. The number of rotatable bonds is 3. The van der Waals surface area contributed by atoms with Gasteiger partial charge in [0.15, 0.2) is 0 Å². The third-order valence-corrected chi connectivity index (χ3v) is 5.35. The van der Waals surface area contributed by atoms with Gasteiger partial charge in [0.25, 0.3) is 0 Å². The van der Waals surface area contributed by atoms with Crippen molar-refractivity contribution in [2.75, 3.05) is 16.8 Å². The molecule has 0 spiro atoms. The standard InChI is InChI=1S/C14H19NO4S/c1-10-8-12(16)2-3-13(10)15-14(17)9-11-4-6-20(18,19)7-5-11/h2-3,8,11,16H,4-7,9H2,1H3,(H,15,17). The maximum atomic E-state index is 12.0. The average molecular weight is 297 g/mol. The van der Waals surface area contributed by atoms with Gasteiger partial charge in [0.2, 0.25) is 5.91 Å². The molecule has 0 radical (unpaired) electrons. The van der Waals surface area contributed by atoms with Crippen LogP contribution in [0.3, 0.4) is 0 Å². The monoisotopic (exact) mass is 297 g/mol. The summed E-state index contributed by atoms with van der Waals surface area (Å²) in [6.07, 6.45) is 1.46. The Morgan fingerprint density at radius 1 is 1.35 bits per heavy atom. The number of carbonyl (C=O) groups is 1. The number of benzene rings is 1. The van der Waals surface area contributed by atoms with E-state index in [1.165, 1.54) is 6.07 Å². The number of phenols is 1. The van der Waals surface area contributed by atoms with Crippen LogP contribution in [0.4, 0.5) is 5.69 Å². The van der Waals surface area contributed by atoms with E-state index in [0.717, 1.165) is 5.56 Å². The van der Waals surface area contributed by atoms with E-state index in [9.17, 15) is 18.3 Å². The largest absolute Gasteiger partial charge is 0.508 e. The molecular weight excluding hydrogens is 278 g/mol. The number of aryl methyl sites for hydroxylation is 1. The molecule has 2 N–H and O–H groups in total. The Bertz CT molecular complexity index is 596. The van der Waals surface area contributed by atoms with Crippen LogP contribution in [0.15, 0.2) is 18.2 Å². The van der Waals surface area contributed by atoms with Crippen molar-refractivity contribution in [2.24, 2.45) is 5.92 Å². The quantitative estimate of drug-likeness (QED) is 0.834. The molecule has 0 aliphatic carbocycles. The summed E-state index contributed by atoms with van der Waals surface area (Å²) >= 11 is 0. The van der Waals surface area contributed by atoms with E-state index >= 15 is 0 Å². The zero-order valence-corrected chi connectivity index (χ0v) is 12.2. The van der Waals surface area contributed by atoms with Gasteiger partial charge in [-0.2, -0.15) is 0 Å². The average Bonchev–Trinajstić information content (AvgIpc) is 2.35. The van der Waals surface area contributed by atoms with E-state index in [-0.39, 0.29) is 29.1 Å². The molecule has 0 atom stereocenters. The highest BCUT2D eigenvalue weighted by Crippen LogP contribution is 2.24. The van der Waals surface area contributed by atoms with Crippen molar-refractivity contribution >= 4 is 21.4 Å². The highest BCUT2D eigenvalue weighted by atomic mass is 32.2. The molecule has 0 aromatic heterocycles. The lowest BCUT2D eigenvalue weighted by molar-refractivity contribution is -0.117. The molecule has 0 saturated carbocycles. The summed E-state index contributed by atoms with van der Waals surface area (Å²) in [5.74, 6) is 0.559. The molecule has 0 unspecified atom stereocenters. The Morgan fingerprint density at radius 3 is 2.60 bits per heavy atom. The third-order valence-electron chi connectivity index (χ3n) is 3.63. The fraction of sp³-hybridized carbons (Fsp3) is 0.500. The lowest BCUT2D eigenvalue weighted by Gasteiger charge is -2.21. The van der Waals surface area contributed by atoms with Crippen molar-refractivity contribution in [2.45, 2.75) is 26.2 Å². The van der Waals surface area contributed by atoms with Gasteiger partial charge in [0, 0.05) is 12.1 Å². The summed E-state index contributed by atoms with van der Waals surface area (Å²) in [5.41, 5.74) is 1.47. The van der Waals surface area contributed by atoms with Gasteiger partial charge in [-0.25, -0.2) is 8.42 Å². The molecule has 1 aliphatic heterocycles. The number of anilines is 1. The van der Waals surface area contributed by atoms with Gasteiger partial charge in [-0.05, 0) is 49.4 Å². The smallest absolute Gasteiger partial charge is 0.224 e. The summed E-state index contributed by atoms with van der Waals surface area (Å²) in [6, 6.07) is 4.77. The van der Waals surface area contributed by atoms with Crippen molar-refractivity contribution in [3.63, 3.8) is 0 Å². The first-order valence-corrected chi connectivity index (χ1v) is 8.48. The van der Waals surface area contributed by atoms with Gasteiger partial charge >= 0.3 is 0 Å². The maximum absolute atomic E-state index is 12.0. The minimum Gasteiger partial charge on any atom is -0.508 e. The molecule has 1 aromatic rings. The summed E-state index contributed by atoms with van der Waals surface area (Å²) in [7, 11) is -2.88. The molecule has 110 valence electrons. The zero-order valence-electron chi connectivity index (χ0n) is 11.4. The van der Waals surface area contributed by atoms with Crippen LogP contribution in [0.2, 0.25) is 0 Å². The lowest BCUT2D eigenvalue weighted by atomic mass is 9.98. The predicted molar refractivity (Wildman–Crippen MR) is 77.5 cm³/mol. The van der Waals surface area contributed by atoms with Crippen LogP contribution in [0, 0.1) is 12.8 Å². The first-order chi connectivity index (χ1) is 9.35. The molecule has 1 aromatic carbocycles. The summed E-state index contributed by atoms with van der Waals surface area (Å²) in [6.45, 7) is 1.81. The topological polar surface area (TPSA) is 83.5 Å². The predicted octanol–water partition coefficient (Wildman–Crippen LogP) is 1.85. The number of sulfone groups is 1. The summed E-state index contributed by atoms with van der Waals surface area (Å²) in [4.78, 5) is 12.0. The van der Waals surface area contributed by atoms with Gasteiger partial charge in [0.05, 0.1) is 11.5 Å². The van der Waals surface area contributed by atoms with Crippen LogP contribution in [0.5, 0.6) is 5.75 Å². The lowest BCUT2D eigenvalue weighted by Crippen LogP contribution is -2.26. The van der Waals surface area contributed by atoms with Crippen LogP contribution >= 0.6 is 0 Å². The van der Waals surface area contributed by atoms with E-state index in [1.54, 1.807) is 12.1 Å². The van der Waals surface area contributed by atoms with Crippen LogP contribution < -0.4 is 5.32 Å². The van der Waals surface area contributed by atoms with Gasteiger partial charge in [-0.1, -0.05) is 0 Å². The van der Waals surface area contributed by atoms with E-state index in [1.807, 2.05) is 6.92 Å². The fourth-order valence-electron chi connectivity index (χ4n) is 2.39. The number of carbonyl (C=O) groups excluding carboxylic acids is 1. The molecular formula is C14H19NO4S. The first-order valence-electron chi connectivity index (χ1n) is 6.65. The third kappa shape index (κ3) is 3.96. The Hall–Kier alpha value is -1.56. The van der Waals surface area contributed by atoms with E-state index in [4.69, 9.17) is 0 Å². The fourth-order valence-corrected chi connectivity index (χ4v) is 3.98. The maximum Gasteiger partial charge on any atom is 0.224 e. The summed E-state index contributed by atoms with van der Waals surface area (Å²) < 4.78 is 22.7. The molecule has 2 rings (SSSR count). The molecule has 1 heterocycles.